The van der Waals surface area contributed by atoms with E-state index in [9.17, 15) is 14.3 Å². The standard InChI is InChI=1S/C31H34FNO4/c1-36-24-11-12-27(26-7-2-3-8-29(26)32)30(18-24)33-15-13-21(14-16-33)20-37-25-6-4-5-23(17-25)28(19-31(34)35)22-9-10-22/h2-8,11-12,17-18,21-22,28H,9-10,13-16,19-20H2,1H3,(H,34,35). The van der Waals surface area contributed by atoms with Gasteiger partial charge in [0, 0.05) is 36.0 Å². The van der Waals surface area contributed by atoms with Gasteiger partial charge in [0.1, 0.15) is 17.3 Å². The predicted molar refractivity (Wildman–Crippen MR) is 143 cm³/mol. The third kappa shape index (κ3) is 6.07. The molecular weight excluding hydrogens is 469 g/mol. The molecule has 1 saturated heterocycles. The molecule has 1 saturated carbocycles. The first kappa shape index (κ1) is 25.1. The van der Waals surface area contributed by atoms with Gasteiger partial charge in [-0.2, -0.15) is 0 Å². The van der Waals surface area contributed by atoms with E-state index < -0.39 is 5.97 Å². The highest BCUT2D eigenvalue weighted by atomic mass is 19.1. The van der Waals surface area contributed by atoms with Crippen LogP contribution in [0.3, 0.4) is 0 Å². The van der Waals surface area contributed by atoms with Crippen LogP contribution in [0.1, 0.15) is 43.6 Å². The van der Waals surface area contributed by atoms with E-state index >= 15 is 0 Å². The van der Waals surface area contributed by atoms with Gasteiger partial charge < -0.3 is 19.5 Å². The molecular formula is C31H34FNO4. The van der Waals surface area contributed by atoms with Crippen molar-refractivity contribution in [2.24, 2.45) is 11.8 Å². The summed E-state index contributed by atoms with van der Waals surface area (Å²) in [5.41, 5.74) is 3.52. The van der Waals surface area contributed by atoms with E-state index in [1.807, 2.05) is 54.6 Å². The Bertz CT molecular complexity index is 1230. The first-order valence-electron chi connectivity index (χ1n) is 13.1. The summed E-state index contributed by atoms with van der Waals surface area (Å²) in [7, 11) is 1.65. The third-order valence-corrected chi connectivity index (χ3v) is 7.68. The number of methoxy groups -OCH3 is 1. The predicted octanol–water partition coefficient (Wildman–Crippen LogP) is 6.77. The lowest BCUT2D eigenvalue weighted by molar-refractivity contribution is -0.137. The Labute approximate surface area is 217 Å². The van der Waals surface area contributed by atoms with Crippen LogP contribution in [0.25, 0.3) is 11.1 Å². The van der Waals surface area contributed by atoms with Gasteiger partial charge in [-0.3, -0.25) is 4.79 Å². The van der Waals surface area contributed by atoms with Gasteiger partial charge in [-0.05, 0) is 79.3 Å². The normalized spacial score (nSPS) is 16.9. The van der Waals surface area contributed by atoms with Crippen LogP contribution in [0.4, 0.5) is 10.1 Å². The van der Waals surface area contributed by atoms with Crippen LogP contribution in [0.15, 0.2) is 66.7 Å². The van der Waals surface area contributed by atoms with Crippen LogP contribution in [-0.4, -0.2) is 37.9 Å². The SMILES string of the molecule is COc1ccc(-c2ccccc2F)c(N2CCC(COc3cccc(C(CC(=O)O)C4CC4)c3)CC2)c1. The zero-order valence-electron chi connectivity index (χ0n) is 21.2. The molecule has 2 aliphatic rings. The molecule has 1 atom stereocenters. The molecule has 37 heavy (non-hydrogen) atoms. The molecule has 3 aromatic carbocycles. The molecule has 194 valence electrons. The topological polar surface area (TPSA) is 59.0 Å². The van der Waals surface area contributed by atoms with Crippen molar-refractivity contribution >= 4 is 11.7 Å². The molecule has 0 radical (unpaired) electrons. The molecule has 0 amide bonds. The van der Waals surface area contributed by atoms with Crippen molar-refractivity contribution in [3.8, 4) is 22.6 Å². The van der Waals surface area contributed by atoms with Gasteiger partial charge in [-0.1, -0.05) is 30.3 Å². The van der Waals surface area contributed by atoms with Crippen LogP contribution < -0.4 is 14.4 Å². The van der Waals surface area contributed by atoms with E-state index in [0.29, 0.717) is 24.0 Å². The monoisotopic (exact) mass is 503 g/mol. The second kappa shape index (κ2) is 11.2. The molecule has 6 heteroatoms. The van der Waals surface area contributed by atoms with Crippen LogP contribution in [0, 0.1) is 17.7 Å². The first-order chi connectivity index (χ1) is 18.0. The van der Waals surface area contributed by atoms with Crippen molar-refractivity contribution in [3.63, 3.8) is 0 Å². The second-order valence-corrected chi connectivity index (χ2v) is 10.2. The Morgan fingerprint density at radius 2 is 1.76 bits per heavy atom. The van der Waals surface area contributed by atoms with Gasteiger partial charge in [-0.25, -0.2) is 4.39 Å². The van der Waals surface area contributed by atoms with Gasteiger partial charge >= 0.3 is 5.97 Å². The van der Waals surface area contributed by atoms with E-state index in [4.69, 9.17) is 9.47 Å². The number of carbonyl (C=O) groups is 1. The number of hydrogen-bond donors (Lipinski definition) is 1. The summed E-state index contributed by atoms with van der Waals surface area (Å²) in [6, 6.07) is 20.7. The van der Waals surface area contributed by atoms with Crippen molar-refractivity contribution in [2.45, 2.75) is 38.0 Å². The highest BCUT2D eigenvalue weighted by Gasteiger charge is 2.34. The minimum Gasteiger partial charge on any atom is -0.497 e. The number of piperidine rings is 1. The minimum absolute atomic E-state index is 0.0656. The highest BCUT2D eigenvalue weighted by molar-refractivity contribution is 5.80. The van der Waals surface area contributed by atoms with Crippen LogP contribution in [0.2, 0.25) is 0 Å². The van der Waals surface area contributed by atoms with Crippen LogP contribution in [0.5, 0.6) is 11.5 Å². The van der Waals surface area contributed by atoms with E-state index in [0.717, 1.165) is 67.1 Å². The van der Waals surface area contributed by atoms with Gasteiger partial charge in [-0.15, -0.1) is 0 Å². The Morgan fingerprint density at radius 1 is 0.973 bits per heavy atom. The number of nitrogens with zero attached hydrogens (tertiary/aromatic N) is 1. The van der Waals surface area contributed by atoms with Crippen molar-refractivity contribution < 1.29 is 23.8 Å². The largest absolute Gasteiger partial charge is 0.497 e. The lowest BCUT2D eigenvalue weighted by Crippen LogP contribution is -2.35. The smallest absolute Gasteiger partial charge is 0.303 e. The van der Waals surface area contributed by atoms with Crippen molar-refractivity contribution in [3.05, 3.63) is 78.1 Å². The lowest BCUT2D eigenvalue weighted by atomic mass is 9.91. The molecule has 0 bridgehead atoms. The lowest BCUT2D eigenvalue weighted by Gasteiger charge is -2.35. The fraction of sp³-hybridized carbons (Fsp3) is 0.387. The van der Waals surface area contributed by atoms with Crippen LogP contribution >= 0.6 is 0 Å². The summed E-state index contributed by atoms with van der Waals surface area (Å²) < 4.78 is 26.3. The van der Waals surface area contributed by atoms with Crippen molar-refractivity contribution in [2.75, 3.05) is 31.7 Å². The van der Waals surface area contributed by atoms with Crippen LogP contribution in [-0.2, 0) is 4.79 Å². The fourth-order valence-corrected chi connectivity index (χ4v) is 5.44. The number of benzene rings is 3. The molecule has 0 aromatic heterocycles. The summed E-state index contributed by atoms with van der Waals surface area (Å²) in [6.45, 7) is 2.33. The molecule has 1 N–H and O–H groups in total. The number of aliphatic carboxylic acids is 1. The maximum absolute atomic E-state index is 14.6. The zero-order chi connectivity index (χ0) is 25.8. The minimum atomic E-state index is -0.746. The van der Waals surface area contributed by atoms with Crippen molar-refractivity contribution in [1.82, 2.24) is 0 Å². The zero-order valence-corrected chi connectivity index (χ0v) is 21.2. The van der Waals surface area contributed by atoms with Gasteiger partial charge in [0.25, 0.3) is 0 Å². The molecule has 0 spiro atoms. The molecule has 2 fully saturated rings. The highest BCUT2D eigenvalue weighted by Crippen LogP contribution is 2.45. The molecule has 5 nitrogen and oxygen atoms in total. The molecule has 1 aliphatic heterocycles. The molecule has 1 heterocycles. The summed E-state index contributed by atoms with van der Waals surface area (Å²) in [5.74, 6) is 1.55. The van der Waals surface area contributed by atoms with E-state index in [-0.39, 0.29) is 18.2 Å². The third-order valence-electron chi connectivity index (χ3n) is 7.68. The number of anilines is 1. The van der Waals surface area contributed by atoms with Gasteiger partial charge in [0.2, 0.25) is 0 Å². The van der Waals surface area contributed by atoms with E-state index in [1.165, 1.54) is 6.07 Å². The summed E-state index contributed by atoms with van der Waals surface area (Å²) in [6.07, 6.45) is 4.32. The summed E-state index contributed by atoms with van der Waals surface area (Å²) >= 11 is 0. The van der Waals surface area contributed by atoms with E-state index in [2.05, 4.69) is 4.90 Å². The first-order valence-corrected chi connectivity index (χ1v) is 13.1. The number of carboxylic acids is 1. The molecule has 3 aromatic rings. The number of hydrogen-bond acceptors (Lipinski definition) is 4. The second-order valence-electron chi connectivity index (χ2n) is 10.2. The molecule has 5 rings (SSSR count). The molecule has 1 unspecified atom stereocenters. The maximum Gasteiger partial charge on any atom is 0.303 e. The Kier molecular flexibility index (Phi) is 7.63. The van der Waals surface area contributed by atoms with Gasteiger partial charge in [0.05, 0.1) is 20.1 Å². The summed E-state index contributed by atoms with van der Waals surface area (Å²) in [4.78, 5) is 13.7. The number of rotatable bonds is 10. The quantitative estimate of drug-likeness (QED) is 0.331. The van der Waals surface area contributed by atoms with Crippen molar-refractivity contribution in [1.29, 1.82) is 0 Å². The van der Waals surface area contributed by atoms with E-state index in [1.54, 1.807) is 13.2 Å². The number of carboxylic acid groups (broad SMARTS) is 1. The summed E-state index contributed by atoms with van der Waals surface area (Å²) in [5, 5.41) is 9.33. The average molecular weight is 504 g/mol. The number of ether oxygens (including phenoxy) is 2. The Hall–Kier alpha value is -3.54. The molecule has 1 aliphatic carbocycles. The fourth-order valence-electron chi connectivity index (χ4n) is 5.44. The Morgan fingerprint density at radius 3 is 2.46 bits per heavy atom. The number of halogens is 1. The average Bonchev–Trinajstić information content (AvgIpc) is 3.76. The van der Waals surface area contributed by atoms with Gasteiger partial charge in [0.15, 0.2) is 0 Å². The maximum atomic E-state index is 14.6. The Balaban J connectivity index is 1.22.